The van der Waals surface area contributed by atoms with E-state index in [9.17, 15) is 0 Å². The summed E-state index contributed by atoms with van der Waals surface area (Å²) in [5.74, 6) is 1.82. The van der Waals surface area contributed by atoms with Crippen molar-refractivity contribution in [1.82, 2.24) is 15.0 Å². The van der Waals surface area contributed by atoms with Gasteiger partial charge >= 0.3 is 6.98 Å². The van der Waals surface area contributed by atoms with Gasteiger partial charge in [0.05, 0.1) is 0 Å². The molecule has 0 bridgehead atoms. The van der Waals surface area contributed by atoms with Crippen LogP contribution in [0.5, 0.6) is 0 Å². The van der Waals surface area contributed by atoms with E-state index in [2.05, 4.69) is 179 Å². The summed E-state index contributed by atoms with van der Waals surface area (Å²) in [5, 5.41) is 0. The standard InChI is InChI=1S/C51H34BN5/c1-6-17-35(18-7-1)39-29-31-46-44(33-39)42-27-16-28-43-45-34-40(36-19-8-2-9-20-36)30-32-47(45)57(52(48(42)43)56(46)41-25-14-5-15-26-41)51-54-49(37-21-10-3-11-22-37)53-50(55-51)38-23-12-4-13-24-38/h1-34H. The van der Waals surface area contributed by atoms with Gasteiger partial charge in [-0.15, -0.1) is 0 Å². The molecule has 5 nitrogen and oxygen atoms in total. The summed E-state index contributed by atoms with van der Waals surface area (Å²) in [4.78, 5) is 20.7. The molecule has 0 saturated heterocycles. The fourth-order valence-corrected chi connectivity index (χ4v) is 8.49. The molecule has 0 amide bonds. The van der Waals surface area contributed by atoms with Crippen LogP contribution in [0.2, 0.25) is 0 Å². The Labute approximate surface area is 332 Å². The Bertz CT molecular complexity index is 2830. The summed E-state index contributed by atoms with van der Waals surface area (Å²) in [6.45, 7) is -0.335. The van der Waals surface area contributed by atoms with Crippen LogP contribution in [0.25, 0.3) is 67.3 Å². The van der Waals surface area contributed by atoms with Crippen molar-refractivity contribution in [2.24, 2.45) is 0 Å². The number of rotatable bonds is 6. The number of hydrogen-bond donors (Lipinski definition) is 0. The van der Waals surface area contributed by atoms with Crippen molar-refractivity contribution in [2.45, 2.75) is 0 Å². The lowest BCUT2D eigenvalue weighted by Crippen LogP contribution is -2.62. The van der Waals surface area contributed by atoms with Gasteiger partial charge in [0, 0.05) is 39.3 Å². The predicted molar refractivity (Wildman–Crippen MR) is 235 cm³/mol. The Balaban J connectivity index is 1.23. The third kappa shape index (κ3) is 5.61. The zero-order chi connectivity index (χ0) is 37.7. The van der Waals surface area contributed by atoms with Crippen LogP contribution in [-0.2, 0) is 0 Å². The van der Waals surface area contributed by atoms with Gasteiger partial charge in [-0.25, -0.2) is 4.98 Å². The van der Waals surface area contributed by atoms with E-state index in [0.717, 1.165) is 39.3 Å². The van der Waals surface area contributed by atoms with Gasteiger partial charge in [-0.1, -0.05) is 170 Å². The minimum atomic E-state index is -0.335. The first kappa shape index (κ1) is 32.8. The minimum absolute atomic E-state index is 0.335. The molecule has 0 spiro atoms. The molecule has 1 aromatic heterocycles. The van der Waals surface area contributed by atoms with Crippen molar-refractivity contribution in [2.75, 3.05) is 9.62 Å². The van der Waals surface area contributed by atoms with E-state index in [1.54, 1.807) is 0 Å². The van der Waals surface area contributed by atoms with Crippen LogP contribution in [-0.4, -0.2) is 21.9 Å². The van der Waals surface area contributed by atoms with E-state index in [-0.39, 0.29) is 6.98 Å². The summed E-state index contributed by atoms with van der Waals surface area (Å²) in [5.41, 5.74) is 15.7. The van der Waals surface area contributed by atoms with Gasteiger partial charge in [0.2, 0.25) is 5.95 Å². The molecule has 0 aliphatic carbocycles. The Hall–Kier alpha value is -7.57. The second-order valence-electron chi connectivity index (χ2n) is 14.4. The first-order valence-electron chi connectivity index (χ1n) is 19.3. The third-order valence-electron chi connectivity index (χ3n) is 11.1. The summed E-state index contributed by atoms with van der Waals surface area (Å²) in [7, 11) is 0. The van der Waals surface area contributed by atoms with Crippen LogP contribution in [0.1, 0.15) is 0 Å². The molecule has 11 rings (SSSR count). The largest absolute Gasteiger partial charge is 0.424 e. The van der Waals surface area contributed by atoms with E-state index in [4.69, 9.17) is 15.0 Å². The highest BCUT2D eigenvalue weighted by atomic mass is 15.3. The van der Waals surface area contributed by atoms with Gasteiger partial charge in [-0.2, -0.15) is 9.97 Å². The highest BCUT2D eigenvalue weighted by Crippen LogP contribution is 2.50. The number of para-hydroxylation sites is 1. The number of benzene rings is 8. The maximum Gasteiger partial charge on any atom is 0.424 e. The maximum atomic E-state index is 5.37. The minimum Gasteiger partial charge on any atom is -0.361 e. The van der Waals surface area contributed by atoms with Gasteiger partial charge in [0.1, 0.15) is 0 Å². The van der Waals surface area contributed by atoms with Crippen LogP contribution < -0.4 is 15.1 Å². The van der Waals surface area contributed by atoms with E-state index in [1.807, 2.05) is 36.4 Å². The normalized spacial score (nSPS) is 12.5. The van der Waals surface area contributed by atoms with Crippen molar-refractivity contribution in [3.8, 4) is 67.3 Å². The molecule has 0 unspecified atom stereocenters. The molecule has 57 heavy (non-hydrogen) atoms. The summed E-state index contributed by atoms with van der Waals surface area (Å²) in [6, 6.07) is 72.9. The SMILES string of the molecule is c1ccc(-c2ccc3c(c2)-c2cccc4c2B(N3c2ccccc2)N(c2nc(-c3ccccc3)nc(-c3ccccc3)n2)c2ccc(-c3ccccc3)cc2-4)cc1. The van der Waals surface area contributed by atoms with E-state index in [0.29, 0.717) is 17.6 Å². The van der Waals surface area contributed by atoms with Crippen LogP contribution in [0, 0.1) is 0 Å². The van der Waals surface area contributed by atoms with Crippen LogP contribution in [0.4, 0.5) is 23.0 Å². The topological polar surface area (TPSA) is 45.2 Å². The summed E-state index contributed by atoms with van der Waals surface area (Å²) in [6.07, 6.45) is 0. The summed E-state index contributed by atoms with van der Waals surface area (Å²) >= 11 is 0. The van der Waals surface area contributed by atoms with Crippen LogP contribution >= 0.6 is 0 Å². The maximum absolute atomic E-state index is 5.37. The van der Waals surface area contributed by atoms with E-state index in [1.165, 1.54) is 38.8 Å². The Morgan fingerprint density at radius 3 is 1.21 bits per heavy atom. The van der Waals surface area contributed by atoms with Gasteiger partial charge in [0.15, 0.2) is 11.6 Å². The van der Waals surface area contributed by atoms with Gasteiger partial charge in [-0.05, 0) is 75.2 Å². The molecule has 266 valence electrons. The van der Waals surface area contributed by atoms with Crippen molar-refractivity contribution in [1.29, 1.82) is 0 Å². The molecule has 8 aromatic carbocycles. The van der Waals surface area contributed by atoms with Crippen molar-refractivity contribution < 1.29 is 0 Å². The number of hydrogen-bond acceptors (Lipinski definition) is 5. The number of fused-ring (bicyclic) bond motifs is 4. The molecule has 2 aliphatic rings. The zero-order valence-corrected chi connectivity index (χ0v) is 30.9. The molecule has 0 fully saturated rings. The lowest BCUT2D eigenvalue weighted by Gasteiger charge is -2.47. The molecule has 0 radical (unpaired) electrons. The molecule has 0 atom stereocenters. The van der Waals surface area contributed by atoms with E-state index >= 15 is 0 Å². The molecule has 9 aromatic rings. The number of aromatic nitrogens is 3. The Kier molecular flexibility index (Phi) is 7.85. The smallest absolute Gasteiger partial charge is 0.361 e. The number of anilines is 4. The average molecular weight is 728 g/mol. The quantitative estimate of drug-likeness (QED) is 0.160. The van der Waals surface area contributed by atoms with Gasteiger partial charge < -0.3 is 9.62 Å². The van der Waals surface area contributed by atoms with Crippen molar-refractivity contribution in [3.05, 3.63) is 206 Å². The molecule has 2 aliphatic heterocycles. The second-order valence-corrected chi connectivity index (χ2v) is 14.4. The van der Waals surface area contributed by atoms with Crippen molar-refractivity contribution in [3.63, 3.8) is 0 Å². The monoisotopic (exact) mass is 727 g/mol. The third-order valence-corrected chi connectivity index (χ3v) is 11.1. The molecule has 0 saturated carbocycles. The molecule has 6 heteroatoms. The first-order chi connectivity index (χ1) is 28.3. The molecular weight excluding hydrogens is 693 g/mol. The van der Waals surface area contributed by atoms with Crippen molar-refractivity contribution >= 4 is 35.5 Å². The Morgan fingerprint density at radius 1 is 0.316 bits per heavy atom. The fourth-order valence-electron chi connectivity index (χ4n) is 8.49. The lowest BCUT2D eigenvalue weighted by molar-refractivity contribution is 1.03. The average Bonchev–Trinajstić information content (AvgIpc) is 3.30. The van der Waals surface area contributed by atoms with Gasteiger partial charge in [-0.3, -0.25) is 0 Å². The highest BCUT2D eigenvalue weighted by Gasteiger charge is 2.48. The Morgan fingerprint density at radius 2 is 0.737 bits per heavy atom. The number of nitrogens with zero attached hydrogens (tertiary/aromatic N) is 5. The lowest BCUT2D eigenvalue weighted by atomic mass is 9.53. The second kappa shape index (κ2) is 13.6. The predicted octanol–water partition coefficient (Wildman–Crippen LogP) is 11.9. The van der Waals surface area contributed by atoms with Crippen LogP contribution in [0.15, 0.2) is 206 Å². The van der Waals surface area contributed by atoms with Gasteiger partial charge in [0.25, 0.3) is 0 Å². The molecule has 3 heterocycles. The first-order valence-corrected chi connectivity index (χ1v) is 19.3. The molecular formula is C51H34BN5. The molecule has 0 N–H and O–H groups in total. The fraction of sp³-hybridized carbons (Fsp3) is 0. The van der Waals surface area contributed by atoms with E-state index < -0.39 is 0 Å². The van der Waals surface area contributed by atoms with Crippen LogP contribution in [0.3, 0.4) is 0 Å². The highest BCUT2D eigenvalue weighted by molar-refractivity contribution is 6.86. The zero-order valence-electron chi connectivity index (χ0n) is 30.9. The summed E-state index contributed by atoms with van der Waals surface area (Å²) < 4.78 is 0.